The molecule has 0 fully saturated rings. The molecule has 6 heteroatoms. The summed E-state index contributed by atoms with van der Waals surface area (Å²) >= 11 is 2.21. The molecule has 0 unspecified atom stereocenters. The molecule has 0 aliphatic rings. The predicted octanol–water partition coefficient (Wildman–Crippen LogP) is 1.64. The minimum Gasteiger partial charge on any atom is -0.346 e. The van der Waals surface area contributed by atoms with Crippen LogP contribution in [0.1, 0.15) is 19.4 Å². The van der Waals surface area contributed by atoms with Crippen molar-refractivity contribution in [2.75, 3.05) is 11.9 Å². The summed E-state index contributed by atoms with van der Waals surface area (Å²) in [7, 11) is 0. The zero-order valence-corrected chi connectivity index (χ0v) is 14.0. The van der Waals surface area contributed by atoms with Gasteiger partial charge in [-0.25, -0.2) is 0 Å². The summed E-state index contributed by atoms with van der Waals surface area (Å²) < 4.78 is 1.11. The van der Waals surface area contributed by atoms with Gasteiger partial charge < -0.3 is 16.4 Å². The van der Waals surface area contributed by atoms with Crippen LogP contribution < -0.4 is 16.4 Å². The molecule has 0 aromatic heterocycles. The number of halogens is 1. The van der Waals surface area contributed by atoms with E-state index in [0.717, 1.165) is 14.8 Å². The van der Waals surface area contributed by atoms with Gasteiger partial charge in [-0.15, -0.1) is 0 Å². The Labute approximate surface area is 132 Å². The quantitative estimate of drug-likeness (QED) is 0.670. The van der Waals surface area contributed by atoms with Gasteiger partial charge in [-0.3, -0.25) is 9.59 Å². The van der Waals surface area contributed by atoms with E-state index in [1.54, 1.807) is 0 Å². The molecule has 20 heavy (non-hydrogen) atoms. The summed E-state index contributed by atoms with van der Waals surface area (Å²) in [5.41, 5.74) is 7.42. The SMILES string of the molecule is Cc1cc(I)ccc1NC(=O)CNC(=O)[C@@H](N)C(C)C. The number of hydrogen-bond donors (Lipinski definition) is 3. The van der Waals surface area contributed by atoms with E-state index >= 15 is 0 Å². The second-order valence-corrected chi connectivity index (χ2v) is 6.24. The van der Waals surface area contributed by atoms with Crippen molar-refractivity contribution >= 4 is 40.1 Å². The standard InChI is InChI=1S/C14H20IN3O2/c1-8(2)13(16)14(20)17-7-12(19)18-11-5-4-10(15)6-9(11)3/h4-6,8,13H,7,16H2,1-3H3,(H,17,20)(H,18,19)/t13-/m0/s1. The van der Waals surface area contributed by atoms with Gasteiger partial charge in [0.2, 0.25) is 11.8 Å². The molecule has 0 saturated heterocycles. The number of aryl methyl sites for hydroxylation is 1. The molecule has 0 aliphatic carbocycles. The lowest BCUT2D eigenvalue weighted by Gasteiger charge is -2.15. The van der Waals surface area contributed by atoms with Crippen LogP contribution in [0.2, 0.25) is 0 Å². The van der Waals surface area contributed by atoms with Crippen LogP contribution in [0.5, 0.6) is 0 Å². The highest BCUT2D eigenvalue weighted by Gasteiger charge is 2.17. The van der Waals surface area contributed by atoms with Crippen molar-refractivity contribution in [3.05, 3.63) is 27.3 Å². The number of hydrogen-bond acceptors (Lipinski definition) is 3. The van der Waals surface area contributed by atoms with E-state index in [2.05, 4.69) is 33.2 Å². The Bertz CT molecular complexity index is 503. The number of rotatable bonds is 5. The van der Waals surface area contributed by atoms with Crippen LogP contribution in [0.4, 0.5) is 5.69 Å². The van der Waals surface area contributed by atoms with Crippen molar-refractivity contribution in [1.29, 1.82) is 0 Å². The second-order valence-electron chi connectivity index (χ2n) is 5.00. The van der Waals surface area contributed by atoms with Crippen LogP contribution in [0.3, 0.4) is 0 Å². The molecule has 0 aliphatic heterocycles. The van der Waals surface area contributed by atoms with Crippen LogP contribution in [-0.4, -0.2) is 24.4 Å². The first-order valence-corrected chi connectivity index (χ1v) is 7.48. The van der Waals surface area contributed by atoms with Crippen molar-refractivity contribution < 1.29 is 9.59 Å². The van der Waals surface area contributed by atoms with Gasteiger partial charge in [-0.1, -0.05) is 13.8 Å². The monoisotopic (exact) mass is 389 g/mol. The smallest absolute Gasteiger partial charge is 0.243 e. The Morgan fingerprint density at radius 2 is 2.00 bits per heavy atom. The first kappa shape index (κ1) is 16.9. The van der Waals surface area contributed by atoms with Gasteiger partial charge >= 0.3 is 0 Å². The third-order valence-corrected chi connectivity index (χ3v) is 3.58. The molecule has 5 nitrogen and oxygen atoms in total. The van der Waals surface area contributed by atoms with Crippen LogP contribution in [-0.2, 0) is 9.59 Å². The molecule has 110 valence electrons. The Hall–Kier alpha value is -1.15. The van der Waals surface area contributed by atoms with Gasteiger partial charge in [-0.2, -0.15) is 0 Å². The van der Waals surface area contributed by atoms with Crippen LogP contribution in [0.25, 0.3) is 0 Å². The average Bonchev–Trinajstić information content (AvgIpc) is 2.38. The number of anilines is 1. The number of carbonyl (C=O) groups is 2. The highest BCUT2D eigenvalue weighted by atomic mass is 127. The number of benzene rings is 1. The highest BCUT2D eigenvalue weighted by molar-refractivity contribution is 14.1. The van der Waals surface area contributed by atoms with E-state index < -0.39 is 6.04 Å². The first-order valence-electron chi connectivity index (χ1n) is 6.40. The minimum atomic E-state index is -0.595. The maximum atomic E-state index is 11.8. The van der Waals surface area contributed by atoms with Crippen LogP contribution in [0, 0.1) is 16.4 Å². The molecule has 0 spiro atoms. The van der Waals surface area contributed by atoms with Gasteiger partial charge in [0.1, 0.15) is 0 Å². The summed E-state index contributed by atoms with van der Waals surface area (Å²) in [6.45, 7) is 5.56. The molecule has 1 atom stereocenters. The highest BCUT2D eigenvalue weighted by Crippen LogP contribution is 2.17. The van der Waals surface area contributed by atoms with Crippen molar-refractivity contribution in [1.82, 2.24) is 5.32 Å². The van der Waals surface area contributed by atoms with E-state index in [-0.39, 0.29) is 24.3 Å². The predicted molar refractivity (Wildman–Crippen MR) is 88.3 cm³/mol. The lowest BCUT2D eigenvalue weighted by Crippen LogP contribution is -2.46. The first-order chi connectivity index (χ1) is 9.31. The molecular weight excluding hydrogens is 369 g/mol. The Morgan fingerprint density at radius 1 is 1.35 bits per heavy atom. The Kier molecular flexibility index (Phi) is 6.41. The minimum absolute atomic E-state index is 0.0384. The molecule has 1 aromatic rings. The van der Waals surface area contributed by atoms with Gasteiger partial charge in [0, 0.05) is 9.26 Å². The number of carbonyl (C=O) groups excluding carboxylic acids is 2. The summed E-state index contributed by atoms with van der Waals surface area (Å²) in [6.07, 6.45) is 0. The molecular formula is C14H20IN3O2. The van der Waals surface area contributed by atoms with Crippen molar-refractivity contribution in [2.45, 2.75) is 26.8 Å². The van der Waals surface area contributed by atoms with E-state index in [9.17, 15) is 9.59 Å². The van der Waals surface area contributed by atoms with Crippen molar-refractivity contribution in [3.8, 4) is 0 Å². The summed E-state index contributed by atoms with van der Waals surface area (Å²) in [5.74, 6) is -0.537. The zero-order valence-electron chi connectivity index (χ0n) is 11.9. The fourth-order valence-electron chi connectivity index (χ4n) is 1.55. The lowest BCUT2D eigenvalue weighted by molar-refractivity contribution is -0.125. The molecule has 4 N–H and O–H groups in total. The van der Waals surface area contributed by atoms with Crippen molar-refractivity contribution in [2.24, 2.45) is 11.7 Å². The third kappa shape index (κ3) is 5.09. The Morgan fingerprint density at radius 3 is 2.55 bits per heavy atom. The van der Waals surface area contributed by atoms with Gasteiger partial charge in [0.05, 0.1) is 12.6 Å². The maximum absolute atomic E-state index is 11.8. The summed E-state index contributed by atoms with van der Waals surface area (Å²) in [6, 6.07) is 5.14. The topological polar surface area (TPSA) is 84.2 Å². The van der Waals surface area contributed by atoms with Crippen LogP contribution in [0.15, 0.2) is 18.2 Å². The lowest BCUT2D eigenvalue weighted by atomic mass is 10.1. The van der Waals surface area contributed by atoms with Gasteiger partial charge in [-0.05, 0) is 59.2 Å². The fourth-order valence-corrected chi connectivity index (χ4v) is 2.20. The molecule has 0 radical (unpaired) electrons. The molecule has 0 saturated carbocycles. The summed E-state index contributed by atoms with van der Waals surface area (Å²) in [5, 5.41) is 5.30. The second kappa shape index (κ2) is 7.58. The van der Waals surface area contributed by atoms with Gasteiger partial charge in [0.25, 0.3) is 0 Å². The molecule has 0 heterocycles. The Balaban J connectivity index is 2.50. The average molecular weight is 389 g/mol. The molecule has 1 aromatic carbocycles. The van der Waals surface area contributed by atoms with Crippen molar-refractivity contribution in [3.63, 3.8) is 0 Å². The van der Waals surface area contributed by atoms with Gasteiger partial charge in [0.15, 0.2) is 0 Å². The largest absolute Gasteiger partial charge is 0.346 e. The number of nitrogens with one attached hydrogen (secondary N) is 2. The number of nitrogens with two attached hydrogens (primary N) is 1. The fraction of sp³-hybridized carbons (Fsp3) is 0.429. The van der Waals surface area contributed by atoms with E-state index in [0.29, 0.717) is 0 Å². The zero-order chi connectivity index (χ0) is 15.3. The molecule has 1 rings (SSSR count). The maximum Gasteiger partial charge on any atom is 0.243 e. The normalized spacial score (nSPS) is 12.1. The van der Waals surface area contributed by atoms with E-state index in [4.69, 9.17) is 5.73 Å². The van der Waals surface area contributed by atoms with E-state index in [1.165, 1.54) is 0 Å². The molecule has 2 amide bonds. The molecule has 0 bridgehead atoms. The van der Waals surface area contributed by atoms with Crippen LogP contribution >= 0.6 is 22.6 Å². The summed E-state index contributed by atoms with van der Waals surface area (Å²) in [4.78, 5) is 23.4. The third-order valence-electron chi connectivity index (χ3n) is 2.91. The van der Waals surface area contributed by atoms with E-state index in [1.807, 2.05) is 39.0 Å². The number of amides is 2.